The molecule has 12 nitrogen and oxygen atoms in total. The van der Waals surface area contributed by atoms with E-state index in [4.69, 9.17) is 18.9 Å². The molecule has 258 valence electrons. The lowest BCUT2D eigenvalue weighted by Gasteiger charge is -2.23. The number of halogens is 1. The molecule has 0 bridgehead atoms. The molecule has 0 spiro atoms. The molecule has 2 aromatic carbocycles. The van der Waals surface area contributed by atoms with Crippen LogP contribution in [0.3, 0.4) is 0 Å². The van der Waals surface area contributed by atoms with Crippen molar-refractivity contribution in [2.75, 3.05) is 25.7 Å². The minimum absolute atomic E-state index is 0.0959. The molecule has 2 N–H and O–H groups in total. The molecular weight excluding hydrogens is 674 g/mol. The molecule has 1 fully saturated rings. The number of carbonyl (C=O) groups excluding carboxylic acids is 5. The SMILES string of the molecule is COC(=O)[C@@H](Cc1cccc(Br)c1)NC(=O)OC(C)(C)C.COC(=O)[C@@H](Cc1cccc(N2CCCC2=O)c1)NC(=O)OC(C)(C)C. The van der Waals surface area contributed by atoms with Crippen molar-refractivity contribution in [2.24, 2.45) is 0 Å². The zero-order valence-corrected chi connectivity index (χ0v) is 29.9. The molecular formula is C34H46BrN3O9. The Balaban J connectivity index is 0.000000335. The quantitative estimate of drug-likeness (QED) is 0.254. The van der Waals surface area contributed by atoms with Crippen molar-refractivity contribution < 1.29 is 42.9 Å². The van der Waals surface area contributed by atoms with Crippen molar-refractivity contribution in [2.45, 2.75) is 90.5 Å². The summed E-state index contributed by atoms with van der Waals surface area (Å²) in [5, 5.41) is 5.10. The Bertz CT molecular complexity index is 1400. The molecule has 13 heteroatoms. The summed E-state index contributed by atoms with van der Waals surface area (Å²) in [6.07, 6.45) is 0.628. The van der Waals surface area contributed by atoms with E-state index in [2.05, 4.69) is 26.6 Å². The van der Waals surface area contributed by atoms with Crippen LogP contribution in [0.4, 0.5) is 15.3 Å². The fraction of sp³-hybridized carbons (Fsp3) is 0.500. The fourth-order valence-electron chi connectivity index (χ4n) is 4.48. The van der Waals surface area contributed by atoms with Crippen molar-refractivity contribution in [3.05, 3.63) is 64.1 Å². The van der Waals surface area contributed by atoms with Gasteiger partial charge in [-0.05, 0) is 83.4 Å². The summed E-state index contributed by atoms with van der Waals surface area (Å²) in [7, 11) is 2.55. The lowest BCUT2D eigenvalue weighted by molar-refractivity contribution is -0.143. The van der Waals surface area contributed by atoms with Gasteiger partial charge < -0.3 is 34.5 Å². The van der Waals surface area contributed by atoms with Gasteiger partial charge in [-0.3, -0.25) is 4.79 Å². The standard InChI is InChI=1S/C19H26N2O5.C15H20BrNO4/c1-19(2,3)26-18(24)20-15(17(23)25-4)12-13-7-5-8-14(11-13)21-10-6-9-16(21)22;1-15(2,3)21-14(19)17-12(13(18)20-4)9-10-6-5-7-11(16)8-10/h5,7-8,11,15H,6,9-10,12H2,1-4H3,(H,20,24);5-8,12H,9H2,1-4H3,(H,17,19)/t15-;12-/m11/s1. The van der Waals surface area contributed by atoms with Crippen molar-refractivity contribution in [3.8, 4) is 0 Å². The van der Waals surface area contributed by atoms with Gasteiger partial charge in [0.05, 0.1) is 14.2 Å². The number of nitrogens with one attached hydrogen (secondary N) is 2. The van der Waals surface area contributed by atoms with Gasteiger partial charge in [0.25, 0.3) is 0 Å². The Morgan fingerprint density at radius 2 is 1.26 bits per heavy atom. The number of alkyl carbamates (subject to hydrolysis) is 2. The largest absolute Gasteiger partial charge is 0.467 e. The zero-order chi connectivity index (χ0) is 35.4. The molecule has 1 heterocycles. The zero-order valence-electron chi connectivity index (χ0n) is 28.3. The van der Waals surface area contributed by atoms with Gasteiger partial charge in [-0.15, -0.1) is 0 Å². The van der Waals surface area contributed by atoms with Crippen LogP contribution in [0.15, 0.2) is 53.0 Å². The van der Waals surface area contributed by atoms with E-state index in [1.54, 1.807) is 46.4 Å². The van der Waals surface area contributed by atoms with E-state index in [-0.39, 0.29) is 12.3 Å². The molecule has 47 heavy (non-hydrogen) atoms. The molecule has 2 atom stereocenters. The van der Waals surface area contributed by atoms with Crippen molar-refractivity contribution >= 4 is 51.6 Å². The second kappa shape index (κ2) is 17.7. The number of methoxy groups -OCH3 is 2. The first-order valence-electron chi connectivity index (χ1n) is 15.2. The Labute approximate surface area is 285 Å². The van der Waals surface area contributed by atoms with Crippen LogP contribution < -0.4 is 15.5 Å². The molecule has 2 aromatic rings. The Morgan fingerprint density at radius 1 is 0.787 bits per heavy atom. The Morgan fingerprint density at radius 3 is 1.66 bits per heavy atom. The molecule has 3 rings (SSSR count). The number of nitrogens with zero attached hydrogens (tertiary/aromatic N) is 1. The molecule has 0 aromatic heterocycles. The first-order valence-corrected chi connectivity index (χ1v) is 16.0. The van der Waals surface area contributed by atoms with Gasteiger partial charge in [-0.2, -0.15) is 0 Å². The van der Waals surface area contributed by atoms with Crippen LogP contribution >= 0.6 is 15.9 Å². The topological polar surface area (TPSA) is 150 Å². The third kappa shape index (κ3) is 14.4. The van der Waals surface area contributed by atoms with E-state index in [1.165, 1.54) is 14.2 Å². The number of carbonyl (C=O) groups is 5. The maximum Gasteiger partial charge on any atom is 0.408 e. The van der Waals surface area contributed by atoms with Crippen LogP contribution in [0.5, 0.6) is 0 Å². The third-order valence-corrected chi connectivity index (χ3v) is 6.91. The van der Waals surface area contributed by atoms with Crippen LogP contribution in [0.25, 0.3) is 0 Å². The highest BCUT2D eigenvalue weighted by Crippen LogP contribution is 2.23. The average molecular weight is 721 g/mol. The molecule has 0 aliphatic carbocycles. The van der Waals surface area contributed by atoms with Crippen LogP contribution in [0.2, 0.25) is 0 Å². The van der Waals surface area contributed by atoms with Gasteiger partial charge in [0, 0.05) is 36.0 Å². The number of esters is 2. The summed E-state index contributed by atoms with van der Waals surface area (Å²) in [6.45, 7) is 11.2. The van der Waals surface area contributed by atoms with E-state index < -0.39 is 47.4 Å². The van der Waals surface area contributed by atoms with Crippen molar-refractivity contribution in [3.63, 3.8) is 0 Å². The van der Waals surface area contributed by atoms with Gasteiger partial charge in [-0.25, -0.2) is 19.2 Å². The summed E-state index contributed by atoms with van der Waals surface area (Å²) in [5.41, 5.74) is 1.22. The molecule has 1 saturated heterocycles. The number of hydrogen-bond acceptors (Lipinski definition) is 9. The smallest absolute Gasteiger partial charge is 0.408 e. The second-order valence-corrected chi connectivity index (χ2v) is 13.7. The molecule has 0 unspecified atom stereocenters. The van der Waals surface area contributed by atoms with Gasteiger partial charge >= 0.3 is 24.1 Å². The summed E-state index contributed by atoms with van der Waals surface area (Å²) in [6, 6.07) is 13.2. The van der Waals surface area contributed by atoms with Gasteiger partial charge in [0.1, 0.15) is 23.3 Å². The minimum Gasteiger partial charge on any atom is -0.467 e. The third-order valence-electron chi connectivity index (χ3n) is 6.42. The van der Waals surface area contributed by atoms with Gasteiger partial charge in [0.2, 0.25) is 5.91 Å². The molecule has 1 aliphatic heterocycles. The maximum absolute atomic E-state index is 12.1. The lowest BCUT2D eigenvalue weighted by atomic mass is 10.0. The van der Waals surface area contributed by atoms with Gasteiger partial charge in [-0.1, -0.05) is 40.2 Å². The van der Waals surface area contributed by atoms with Crippen LogP contribution in [-0.2, 0) is 46.2 Å². The summed E-state index contributed by atoms with van der Waals surface area (Å²) in [5.74, 6) is -0.974. The predicted octanol–water partition coefficient (Wildman–Crippen LogP) is 5.48. The van der Waals surface area contributed by atoms with Crippen LogP contribution in [-0.4, -0.2) is 74.1 Å². The number of anilines is 1. The fourth-order valence-corrected chi connectivity index (χ4v) is 4.93. The summed E-state index contributed by atoms with van der Waals surface area (Å²) >= 11 is 3.37. The Kier molecular flexibility index (Phi) is 14.7. The highest BCUT2D eigenvalue weighted by atomic mass is 79.9. The molecule has 3 amide bonds. The van der Waals surface area contributed by atoms with Crippen LogP contribution in [0.1, 0.15) is 65.5 Å². The second-order valence-electron chi connectivity index (χ2n) is 12.8. The summed E-state index contributed by atoms with van der Waals surface area (Å²) in [4.78, 5) is 61.3. The number of rotatable bonds is 9. The average Bonchev–Trinajstić information content (AvgIpc) is 3.40. The first kappa shape index (κ1) is 39.1. The van der Waals surface area contributed by atoms with Crippen LogP contribution in [0, 0.1) is 0 Å². The normalized spacial score (nSPS) is 14.1. The maximum atomic E-state index is 12.1. The van der Waals surface area contributed by atoms with E-state index in [0.717, 1.165) is 27.7 Å². The highest BCUT2D eigenvalue weighted by Gasteiger charge is 2.27. The van der Waals surface area contributed by atoms with E-state index in [1.807, 2.05) is 48.5 Å². The predicted molar refractivity (Wildman–Crippen MR) is 180 cm³/mol. The molecule has 0 radical (unpaired) electrons. The van der Waals surface area contributed by atoms with E-state index >= 15 is 0 Å². The van der Waals surface area contributed by atoms with Gasteiger partial charge in [0.15, 0.2) is 0 Å². The first-order chi connectivity index (χ1) is 21.9. The summed E-state index contributed by atoms with van der Waals surface area (Å²) < 4.78 is 20.8. The van der Waals surface area contributed by atoms with Crippen molar-refractivity contribution in [1.82, 2.24) is 10.6 Å². The van der Waals surface area contributed by atoms with E-state index in [0.29, 0.717) is 19.4 Å². The van der Waals surface area contributed by atoms with Crippen molar-refractivity contribution in [1.29, 1.82) is 0 Å². The lowest BCUT2D eigenvalue weighted by Crippen LogP contribution is -2.45. The Hall–Kier alpha value is -4.13. The number of hydrogen-bond donors (Lipinski definition) is 2. The monoisotopic (exact) mass is 719 g/mol. The highest BCUT2D eigenvalue weighted by molar-refractivity contribution is 9.10. The number of benzene rings is 2. The number of amides is 3. The minimum atomic E-state index is -0.876. The van der Waals surface area contributed by atoms with E-state index in [9.17, 15) is 24.0 Å². The molecule has 1 aliphatic rings. The number of ether oxygens (including phenoxy) is 4. The molecule has 0 saturated carbocycles.